The maximum Gasteiger partial charge on any atom is 0.0287 e. The molecular weight excluding hydrogens is 182 g/mol. The summed E-state index contributed by atoms with van der Waals surface area (Å²) in [4.78, 5) is 2.87. The Morgan fingerprint density at radius 1 is 1.13 bits per heavy atom. The van der Waals surface area contributed by atoms with Crippen molar-refractivity contribution in [2.24, 2.45) is 11.8 Å². The Hall–Kier alpha value is -0.300. The van der Waals surface area contributed by atoms with Crippen LogP contribution in [0.5, 0.6) is 0 Å². The van der Waals surface area contributed by atoms with E-state index in [2.05, 4.69) is 31.7 Å². The van der Waals surface area contributed by atoms with Gasteiger partial charge in [-0.1, -0.05) is 25.5 Å². The summed E-state index contributed by atoms with van der Waals surface area (Å²) < 4.78 is 0. The Morgan fingerprint density at radius 2 is 1.87 bits per heavy atom. The maximum atomic E-state index is 2.87. The number of rotatable bonds is 0. The molecule has 1 nitrogen and oxygen atoms in total. The number of hydrogen-bond acceptors (Lipinski definition) is 1. The highest BCUT2D eigenvalue weighted by Crippen LogP contribution is 2.45. The molecule has 1 heteroatoms. The first kappa shape index (κ1) is 9.89. The highest BCUT2D eigenvalue weighted by Gasteiger charge is 2.46. The lowest BCUT2D eigenvalue weighted by Crippen LogP contribution is -2.54. The predicted octanol–water partition coefficient (Wildman–Crippen LogP) is 3.21. The minimum atomic E-state index is 0.791. The Kier molecular flexibility index (Phi) is 2.21. The number of piperidine rings is 1. The van der Waals surface area contributed by atoms with E-state index in [9.17, 15) is 0 Å². The van der Waals surface area contributed by atoms with E-state index >= 15 is 0 Å². The van der Waals surface area contributed by atoms with Gasteiger partial charge in [-0.3, -0.25) is 4.90 Å². The van der Waals surface area contributed by atoms with Crippen molar-refractivity contribution in [1.82, 2.24) is 4.90 Å². The molecule has 0 aliphatic carbocycles. The predicted molar refractivity (Wildman–Crippen MR) is 63.8 cm³/mol. The van der Waals surface area contributed by atoms with Crippen molar-refractivity contribution in [3.8, 4) is 0 Å². The molecule has 3 aliphatic rings. The smallest absolute Gasteiger partial charge is 0.0287 e. The van der Waals surface area contributed by atoms with Crippen molar-refractivity contribution in [2.45, 2.75) is 64.6 Å². The van der Waals surface area contributed by atoms with Crippen LogP contribution >= 0.6 is 0 Å². The fourth-order valence-electron chi connectivity index (χ4n) is 4.35. The van der Waals surface area contributed by atoms with Crippen LogP contribution < -0.4 is 0 Å². The van der Waals surface area contributed by atoms with E-state index < -0.39 is 0 Å². The molecular formula is C14H23N. The number of hydrogen-bond donors (Lipinski definition) is 0. The third kappa shape index (κ3) is 1.39. The second-order valence-corrected chi connectivity index (χ2v) is 6.13. The molecule has 15 heavy (non-hydrogen) atoms. The summed E-state index contributed by atoms with van der Waals surface area (Å²) in [7, 11) is 0. The summed E-state index contributed by atoms with van der Waals surface area (Å²) in [6, 6.07) is 2.56. The average molecular weight is 205 g/mol. The van der Waals surface area contributed by atoms with Crippen LogP contribution in [0.3, 0.4) is 0 Å². The molecule has 0 aromatic heterocycles. The van der Waals surface area contributed by atoms with E-state index in [1.54, 1.807) is 5.57 Å². The molecule has 0 N–H and O–H groups in total. The van der Waals surface area contributed by atoms with E-state index in [1.807, 2.05) is 0 Å². The van der Waals surface area contributed by atoms with Crippen LogP contribution in [0.15, 0.2) is 11.6 Å². The molecule has 0 aromatic carbocycles. The average Bonchev–Trinajstić information content (AvgIpc) is 2.58. The monoisotopic (exact) mass is 205 g/mol. The van der Waals surface area contributed by atoms with Gasteiger partial charge in [0.15, 0.2) is 0 Å². The van der Waals surface area contributed by atoms with Gasteiger partial charge in [0, 0.05) is 18.1 Å². The first-order valence-corrected chi connectivity index (χ1v) is 6.61. The van der Waals surface area contributed by atoms with Gasteiger partial charge in [0.1, 0.15) is 0 Å². The van der Waals surface area contributed by atoms with Gasteiger partial charge in [0.05, 0.1) is 0 Å². The van der Waals surface area contributed by atoms with Gasteiger partial charge in [-0.25, -0.2) is 0 Å². The summed E-state index contributed by atoms with van der Waals surface area (Å²) in [5, 5.41) is 0. The van der Waals surface area contributed by atoms with Crippen LogP contribution in [0.1, 0.15) is 46.5 Å². The maximum absolute atomic E-state index is 2.87. The van der Waals surface area contributed by atoms with Gasteiger partial charge in [-0.05, 0) is 44.4 Å². The van der Waals surface area contributed by atoms with Gasteiger partial charge in [0.25, 0.3) is 0 Å². The van der Waals surface area contributed by atoms with Gasteiger partial charge >= 0.3 is 0 Å². The first-order chi connectivity index (χ1) is 7.16. The van der Waals surface area contributed by atoms with Crippen molar-refractivity contribution < 1.29 is 0 Å². The quantitative estimate of drug-likeness (QED) is 0.549. The molecule has 3 aliphatic heterocycles. The van der Waals surface area contributed by atoms with E-state index in [1.165, 1.54) is 25.7 Å². The van der Waals surface area contributed by atoms with E-state index in [0.29, 0.717) is 0 Å². The zero-order valence-electron chi connectivity index (χ0n) is 10.2. The molecule has 0 amide bonds. The Balaban J connectivity index is 1.95. The fraction of sp³-hybridized carbons (Fsp3) is 0.857. The van der Waals surface area contributed by atoms with Crippen molar-refractivity contribution in [2.75, 3.05) is 0 Å². The van der Waals surface area contributed by atoms with Crippen LogP contribution in [-0.4, -0.2) is 23.0 Å². The number of nitrogens with zero attached hydrogens (tertiary/aromatic N) is 1. The highest BCUT2D eigenvalue weighted by atomic mass is 15.3. The van der Waals surface area contributed by atoms with E-state index in [0.717, 1.165) is 30.0 Å². The molecule has 0 spiro atoms. The van der Waals surface area contributed by atoms with Crippen molar-refractivity contribution in [3.05, 3.63) is 11.6 Å². The summed E-state index contributed by atoms with van der Waals surface area (Å²) in [5.41, 5.74) is 1.64. The molecule has 0 radical (unpaired) electrons. The van der Waals surface area contributed by atoms with Crippen LogP contribution in [0.4, 0.5) is 0 Å². The molecule has 84 valence electrons. The standard InChI is InChI=1S/C14H23N/c1-9-6-12-4-5-13-10(2)8-11(3)14(7-9)15(12)13/h6,10-14H,4-5,7-8H2,1-3H3/t10-,11+,12+,13-,14+/m0/s1. The van der Waals surface area contributed by atoms with Crippen LogP contribution in [-0.2, 0) is 0 Å². The zero-order valence-corrected chi connectivity index (χ0v) is 10.2. The normalized spacial score (nSPS) is 50.1. The molecule has 3 heterocycles. The SMILES string of the molecule is CC1=C[C@H]2CC[C@H]3[C@@H](C)C[C@@H](C)[C@@H](C1)N23. The molecule has 0 unspecified atom stereocenters. The molecule has 3 rings (SSSR count). The van der Waals surface area contributed by atoms with Crippen molar-refractivity contribution in [1.29, 1.82) is 0 Å². The second kappa shape index (κ2) is 3.35. The lowest BCUT2D eigenvalue weighted by atomic mass is 9.77. The summed E-state index contributed by atoms with van der Waals surface area (Å²) >= 11 is 0. The minimum Gasteiger partial charge on any atom is -0.290 e. The second-order valence-electron chi connectivity index (χ2n) is 6.13. The lowest BCUT2D eigenvalue weighted by molar-refractivity contribution is 0.0174. The Morgan fingerprint density at radius 3 is 2.67 bits per heavy atom. The minimum absolute atomic E-state index is 0.791. The van der Waals surface area contributed by atoms with Gasteiger partial charge < -0.3 is 0 Å². The van der Waals surface area contributed by atoms with Gasteiger partial charge in [-0.2, -0.15) is 0 Å². The van der Waals surface area contributed by atoms with Gasteiger partial charge in [0.2, 0.25) is 0 Å². The Labute approximate surface area is 93.5 Å². The Bertz CT molecular complexity index is 294. The molecule has 5 atom stereocenters. The summed E-state index contributed by atoms with van der Waals surface area (Å²) in [5.74, 6) is 1.83. The van der Waals surface area contributed by atoms with Gasteiger partial charge in [-0.15, -0.1) is 0 Å². The third-order valence-electron chi connectivity index (χ3n) is 4.97. The molecule has 0 saturated carbocycles. The van der Waals surface area contributed by atoms with Crippen LogP contribution in [0, 0.1) is 11.8 Å². The van der Waals surface area contributed by atoms with Crippen molar-refractivity contribution >= 4 is 0 Å². The molecule has 2 saturated heterocycles. The molecule has 0 bridgehead atoms. The zero-order chi connectivity index (χ0) is 10.6. The molecule has 0 aromatic rings. The summed E-state index contributed by atoms with van der Waals surface area (Å²) in [6.07, 6.45) is 8.18. The fourth-order valence-corrected chi connectivity index (χ4v) is 4.35. The van der Waals surface area contributed by atoms with E-state index in [-0.39, 0.29) is 0 Å². The molecule has 2 fully saturated rings. The van der Waals surface area contributed by atoms with E-state index in [4.69, 9.17) is 0 Å². The van der Waals surface area contributed by atoms with Crippen LogP contribution in [0.25, 0.3) is 0 Å². The topological polar surface area (TPSA) is 3.24 Å². The third-order valence-corrected chi connectivity index (χ3v) is 4.97. The largest absolute Gasteiger partial charge is 0.290 e. The first-order valence-electron chi connectivity index (χ1n) is 6.61. The van der Waals surface area contributed by atoms with Crippen molar-refractivity contribution in [3.63, 3.8) is 0 Å². The van der Waals surface area contributed by atoms with Crippen LogP contribution in [0.2, 0.25) is 0 Å². The highest BCUT2D eigenvalue weighted by molar-refractivity contribution is 5.18. The lowest BCUT2D eigenvalue weighted by Gasteiger charge is -2.49. The summed E-state index contributed by atoms with van der Waals surface area (Å²) in [6.45, 7) is 7.26.